The maximum absolute atomic E-state index is 4.12. The Morgan fingerprint density at radius 3 is 3.00 bits per heavy atom. The van der Waals surface area contributed by atoms with Crippen LogP contribution in [0.4, 0.5) is 0 Å². The summed E-state index contributed by atoms with van der Waals surface area (Å²) in [7, 11) is 0. The van der Waals surface area contributed by atoms with Gasteiger partial charge in [0, 0.05) is 23.2 Å². The van der Waals surface area contributed by atoms with Crippen LogP contribution < -0.4 is 5.32 Å². The minimum absolute atomic E-state index is 0.119. The molecule has 0 aromatic carbocycles. The number of nitrogens with zero attached hydrogens (tertiary/aromatic N) is 3. The van der Waals surface area contributed by atoms with E-state index in [0.29, 0.717) is 5.92 Å². The van der Waals surface area contributed by atoms with Crippen molar-refractivity contribution in [3.63, 3.8) is 0 Å². The molecule has 2 aliphatic rings. The summed E-state index contributed by atoms with van der Waals surface area (Å²) in [5, 5.41) is 11.4. The summed E-state index contributed by atoms with van der Waals surface area (Å²) in [5.41, 5.74) is 4.12. The third kappa shape index (κ3) is 1.10. The molecule has 0 fully saturated rings. The third-order valence-corrected chi connectivity index (χ3v) is 3.74. The van der Waals surface area contributed by atoms with Crippen molar-refractivity contribution < 1.29 is 0 Å². The van der Waals surface area contributed by atoms with E-state index in [1.54, 1.807) is 6.20 Å². The Labute approximate surface area is 95.0 Å². The van der Waals surface area contributed by atoms with Gasteiger partial charge in [0.05, 0.1) is 18.1 Å². The standard InChI is InChI=1S/C12H16N4/c1-8-6-9-7-13-11(12(9,2)3)10(8)16-5-4-14-15-16/h4-5,7-8,13H,6H2,1-3H3. The first-order chi connectivity index (χ1) is 7.60. The van der Waals surface area contributed by atoms with Crippen LogP contribution in [0.3, 0.4) is 0 Å². The van der Waals surface area contributed by atoms with Crippen molar-refractivity contribution in [3.8, 4) is 0 Å². The fourth-order valence-corrected chi connectivity index (χ4v) is 2.74. The molecule has 1 aliphatic heterocycles. The maximum Gasteiger partial charge on any atom is 0.0697 e. The summed E-state index contributed by atoms with van der Waals surface area (Å²) in [4.78, 5) is 0. The molecule has 1 aromatic heterocycles. The van der Waals surface area contributed by atoms with Gasteiger partial charge in [-0.05, 0) is 12.0 Å². The predicted octanol–water partition coefficient (Wildman–Crippen LogP) is 2.00. The van der Waals surface area contributed by atoms with E-state index in [0.717, 1.165) is 6.42 Å². The maximum atomic E-state index is 4.12. The van der Waals surface area contributed by atoms with E-state index in [1.165, 1.54) is 17.0 Å². The minimum atomic E-state index is 0.119. The average Bonchev–Trinajstić information content (AvgIpc) is 2.77. The van der Waals surface area contributed by atoms with Crippen molar-refractivity contribution in [2.75, 3.05) is 0 Å². The molecule has 2 heterocycles. The summed E-state index contributed by atoms with van der Waals surface area (Å²) in [6.07, 6.45) is 6.89. The van der Waals surface area contributed by atoms with Crippen LogP contribution in [0.15, 0.2) is 29.9 Å². The third-order valence-electron chi connectivity index (χ3n) is 3.74. The summed E-state index contributed by atoms with van der Waals surface area (Å²) >= 11 is 0. The molecule has 4 heteroatoms. The van der Waals surface area contributed by atoms with Crippen LogP contribution in [-0.4, -0.2) is 15.0 Å². The molecule has 1 N–H and O–H groups in total. The monoisotopic (exact) mass is 216 g/mol. The van der Waals surface area contributed by atoms with Gasteiger partial charge in [0.2, 0.25) is 0 Å². The second-order valence-corrected chi connectivity index (χ2v) is 5.15. The van der Waals surface area contributed by atoms with E-state index in [9.17, 15) is 0 Å². The minimum Gasteiger partial charge on any atom is -0.363 e. The van der Waals surface area contributed by atoms with Crippen LogP contribution in [0, 0.1) is 11.3 Å². The zero-order chi connectivity index (χ0) is 11.3. The van der Waals surface area contributed by atoms with Crippen LogP contribution in [0.2, 0.25) is 0 Å². The molecule has 0 radical (unpaired) electrons. The second kappa shape index (κ2) is 2.97. The highest BCUT2D eigenvalue weighted by Crippen LogP contribution is 2.49. The van der Waals surface area contributed by atoms with Gasteiger partial charge in [-0.25, -0.2) is 4.68 Å². The first kappa shape index (κ1) is 9.63. The van der Waals surface area contributed by atoms with Gasteiger partial charge in [0.15, 0.2) is 0 Å². The van der Waals surface area contributed by atoms with Crippen molar-refractivity contribution in [2.45, 2.75) is 27.2 Å². The van der Waals surface area contributed by atoms with Crippen molar-refractivity contribution in [2.24, 2.45) is 11.3 Å². The van der Waals surface area contributed by atoms with Gasteiger partial charge in [-0.15, -0.1) is 5.10 Å². The molecule has 1 atom stereocenters. The van der Waals surface area contributed by atoms with Gasteiger partial charge in [-0.1, -0.05) is 26.0 Å². The average molecular weight is 216 g/mol. The molecule has 0 saturated heterocycles. The van der Waals surface area contributed by atoms with E-state index in [1.807, 2.05) is 10.9 Å². The topological polar surface area (TPSA) is 42.7 Å². The predicted molar refractivity (Wildman–Crippen MR) is 62.0 cm³/mol. The summed E-state index contributed by atoms with van der Waals surface area (Å²) in [5.74, 6) is 0.492. The van der Waals surface area contributed by atoms with E-state index < -0.39 is 0 Å². The van der Waals surface area contributed by atoms with Crippen LogP contribution in [-0.2, 0) is 0 Å². The highest BCUT2D eigenvalue weighted by atomic mass is 15.4. The van der Waals surface area contributed by atoms with Gasteiger partial charge in [0.25, 0.3) is 0 Å². The summed E-state index contributed by atoms with van der Waals surface area (Å²) < 4.78 is 1.89. The molecule has 16 heavy (non-hydrogen) atoms. The Bertz CT molecular complexity index is 479. The normalized spacial score (nSPS) is 26.7. The van der Waals surface area contributed by atoms with E-state index in [4.69, 9.17) is 0 Å². The molecule has 1 unspecified atom stereocenters. The molecular weight excluding hydrogens is 200 g/mol. The fraction of sp³-hybridized carbons (Fsp3) is 0.500. The zero-order valence-electron chi connectivity index (χ0n) is 9.86. The Morgan fingerprint density at radius 2 is 2.31 bits per heavy atom. The SMILES string of the molecule is CC1CC2=CNC(=C1n1ccnn1)C2(C)C. The van der Waals surface area contributed by atoms with Gasteiger partial charge >= 0.3 is 0 Å². The smallest absolute Gasteiger partial charge is 0.0697 e. The molecule has 1 aliphatic carbocycles. The highest BCUT2D eigenvalue weighted by molar-refractivity contribution is 5.61. The van der Waals surface area contributed by atoms with Gasteiger partial charge in [-0.3, -0.25) is 0 Å². The van der Waals surface area contributed by atoms with Gasteiger partial charge < -0.3 is 5.32 Å². The lowest BCUT2D eigenvalue weighted by molar-refractivity contribution is 0.460. The van der Waals surface area contributed by atoms with Gasteiger partial charge in [0.1, 0.15) is 0 Å². The largest absolute Gasteiger partial charge is 0.363 e. The summed E-state index contributed by atoms with van der Waals surface area (Å²) in [6, 6.07) is 0. The lowest BCUT2D eigenvalue weighted by Crippen LogP contribution is -2.28. The molecule has 0 amide bonds. The number of nitrogens with one attached hydrogen (secondary N) is 1. The number of allylic oxidation sites excluding steroid dienone is 2. The molecule has 0 saturated carbocycles. The lowest BCUT2D eigenvalue weighted by Gasteiger charge is -2.34. The number of hydrogen-bond donors (Lipinski definition) is 1. The van der Waals surface area contributed by atoms with Crippen molar-refractivity contribution in [1.29, 1.82) is 0 Å². The van der Waals surface area contributed by atoms with Crippen molar-refractivity contribution in [1.82, 2.24) is 20.3 Å². The first-order valence-electron chi connectivity index (χ1n) is 5.68. The Balaban J connectivity index is 2.20. The zero-order valence-corrected chi connectivity index (χ0v) is 9.86. The fourth-order valence-electron chi connectivity index (χ4n) is 2.74. The van der Waals surface area contributed by atoms with Gasteiger partial charge in [-0.2, -0.15) is 0 Å². The van der Waals surface area contributed by atoms with Crippen molar-refractivity contribution in [3.05, 3.63) is 29.9 Å². The second-order valence-electron chi connectivity index (χ2n) is 5.15. The molecular formula is C12H16N4. The van der Waals surface area contributed by atoms with Crippen LogP contribution in [0.25, 0.3) is 5.70 Å². The first-order valence-corrected chi connectivity index (χ1v) is 5.68. The molecule has 84 valence electrons. The Kier molecular flexibility index (Phi) is 1.79. The Morgan fingerprint density at radius 1 is 1.50 bits per heavy atom. The van der Waals surface area contributed by atoms with E-state index in [-0.39, 0.29) is 5.41 Å². The van der Waals surface area contributed by atoms with Crippen LogP contribution in [0.1, 0.15) is 27.2 Å². The lowest BCUT2D eigenvalue weighted by atomic mass is 9.73. The van der Waals surface area contributed by atoms with Crippen molar-refractivity contribution >= 4 is 5.70 Å². The molecule has 0 spiro atoms. The van der Waals surface area contributed by atoms with E-state index >= 15 is 0 Å². The number of aromatic nitrogens is 3. The number of hydrogen-bond acceptors (Lipinski definition) is 3. The number of rotatable bonds is 1. The number of fused-ring (bicyclic) bond motifs is 2. The molecule has 2 bridgehead atoms. The van der Waals surface area contributed by atoms with Crippen LogP contribution >= 0.6 is 0 Å². The Hall–Kier alpha value is -1.58. The molecule has 3 rings (SSSR count). The molecule has 4 nitrogen and oxygen atoms in total. The summed E-state index contributed by atoms with van der Waals surface area (Å²) in [6.45, 7) is 6.76. The van der Waals surface area contributed by atoms with E-state index in [2.05, 4.69) is 42.6 Å². The van der Waals surface area contributed by atoms with Crippen LogP contribution in [0.5, 0.6) is 0 Å². The molecule has 1 aromatic rings. The quantitative estimate of drug-likeness (QED) is 0.780. The highest BCUT2D eigenvalue weighted by Gasteiger charge is 2.41.